The standard InChI is InChI=1S/C15H15NO5S/c1-16-15(17)21-12-5-9-14(10-6-12)22(18,19)13-7-3-11(20-2)4-8-13/h3-10H,1-2H3,(H,16,17). The Labute approximate surface area is 128 Å². The van der Waals surface area contributed by atoms with Crippen LogP contribution in [-0.2, 0) is 9.84 Å². The largest absolute Gasteiger partial charge is 0.497 e. The molecule has 0 saturated heterocycles. The Hall–Kier alpha value is -2.54. The Morgan fingerprint density at radius 3 is 1.77 bits per heavy atom. The van der Waals surface area contributed by atoms with Crippen LogP contribution in [0.1, 0.15) is 0 Å². The summed E-state index contributed by atoms with van der Waals surface area (Å²) in [7, 11) is -0.682. The lowest BCUT2D eigenvalue weighted by Crippen LogP contribution is -2.21. The Morgan fingerprint density at radius 1 is 0.909 bits per heavy atom. The first-order chi connectivity index (χ1) is 10.5. The van der Waals surface area contributed by atoms with Gasteiger partial charge in [0, 0.05) is 7.05 Å². The van der Waals surface area contributed by atoms with Crippen LogP contribution in [0.5, 0.6) is 11.5 Å². The van der Waals surface area contributed by atoms with Gasteiger partial charge in [-0.25, -0.2) is 13.2 Å². The molecule has 0 unspecified atom stereocenters. The molecule has 0 aromatic heterocycles. The molecule has 1 amide bonds. The molecule has 2 aromatic carbocycles. The molecule has 0 fully saturated rings. The molecule has 0 heterocycles. The number of benzene rings is 2. The van der Waals surface area contributed by atoms with Crippen LogP contribution in [0, 0.1) is 0 Å². The third kappa shape index (κ3) is 3.37. The number of carbonyl (C=O) groups excluding carboxylic acids is 1. The number of rotatable bonds is 4. The van der Waals surface area contributed by atoms with Crippen molar-refractivity contribution in [2.24, 2.45) is 0 Å². The Bertz CT molecular complexity index is 752. The SMILES string of the molecule is CNC(=O)Oc1ccc(S(=O)(=O)c2ccc(OC)cc2)cc1. The summed E-state index contributed by atoms with van der Waals surface area (Å²) < 4.78 is 34.8. The molecule has 2 aromatic rings. The molecule has 0 bridgehead atoms. The van der Waals surface area contributed by atoms with Gasteiger partial charge in [-0.1, -0.05) is 0 Å². The molecular weight excluding hydrogens is 306 g/mol. The Kier molecular flexibility index (Phi) is 4.67. The highest BCUT2D eigenvalue weighted by atomic mass is 32.2. The maximum Gasteiger partial charge on any atom is 0.412 e. The Morgan fingerprint density at radius 2 is 1.36 bits per heavy atom. The minimum absolute atomic E-state index is 0.113. The highest BCUT2D eigenvalue weighted by Gasteiger charge is 2.17. The van der Waals surface area contributed by atoms with Gasteiger partial charge in [0.1, 0.15) is 11.5 Å². The van der Waals surface area contributed by atoms with Gasteiger partial charge < -0.3 is 14.8 Å². The Balaban J connectivity index is 2.27. The average Bonchev–Trinajstić information content (AvgIpc) is 2.55. The van der Waals surface area contributed by atoms with Gasteiger partial charge in [0.25, 0.3) is 0 Å². The second-order valence-corrected chi connectivity index (χ2v) is 6.24. The van der Waals surface area contributed by atoms with Crippen LogP contribution in [-0.4, -0.2) is 28.7 Å². The number of carbonyl (C=O) groups is 1. The highest BCUT2D eigenvalue weighted by Crippen LogP contribution is 2.24. The van der Waals surface area contributed by atoms with Gasteiger partial charge in [-0.05, 0) is 48.5 Å². The second-order valence-electron chi connectivity index (χ2n) is 4.29. The van der Waals surface area contributed by atoms with Crippen molar-refractivity contribution in [3.05, 3.63) is 48.5 Å². The van der Waals surface area contributed by atoms with Crippen molar-refractivity contribution in [1.29, 1.82) is 0 Å². The summed E-state index contributed by atoms with van der Waals surface area (Å²) in [6.07, 6.45) is -0.620. The van der Waals surface area contributed by atoms with Crippen molar-refractivity contribution in [1.82, 2.24) is 5.32 Å². The molecule has 0 spiro atoms. The van der Waals surface area contributed by atoms with E-state index in [-0.39, 0.29) is 15.5 Å². The molecule has 0 atom stereocenters. The molecule has 2 rings (SSSR count). The van der Waals surface area contributed by atoms with Crippen molar-refractivity contribution in [3.63, 3.8) is 0 Å². The first kappa shape index (κ1) is 15.8. The fourth-order valence-corrected chi connectivity index (χ4v) is 3.00. The van der Waals surface area contributed by atoms with Gasteiger partial charge in [-0.15, -0.1) is 0 Å². The molecule has 1 N–H and O–H groups in total. The van der Waals surface area contributed by atoms with Crippen molar-refractivity contribution in [2.75, 3.05) is 14.2 Å². The highest BCUT2D eigenvalue weighted by molar-refractivity contribution is 7.91. The molecule has 116 valence electrons. The van der Waals surface area contributed by atoms with Crippen LogP contribution in [0.2, 0.25) is 0 Å². The van der Waals surface area contributed by atoms with Crippen molar-refractivity contribution in [2.45, 2.75) is 9.79 Å². The zero-order valence-electron chi connectivity index (χ0n) is 12.1. The number of sulfone groups is 1. The van der Waals surface area contributed by atoms with Gasteiger partial charge in [0.2, 0.25) is 9.84 Å². The third-order valence-electron chi connectivity index (χ3n) is 2.92. The first-order valence-corrected chi connectivity index (χ1v) is 7.84. The molecule has 0 radical (unpaired) electrons. The quantitative estimate of drug-likeness (QED) is 0.934. The second kappa shape index (κ2) is 6.48. The van der Waals surface area contributed by atoms with E-state index < -0.39 is 15.9 Å². The van der Waals surface area contributed by atoms with Crippen LogP contribution < -0.4 is 14.8 Å². The fraction of sp³-hybridized carbons (Fsp3) is 0.133. The fourth-order valence-electron chi connectivity index (χ4n) is 1.74. The van der Waals surface area contributed by atoms with Gasteiger partial charge >= 0.3 is 6.09 Å². The van der Waals surface area contributed by atoms with E-state index in [0.717, 1.165) is 0 Å². The summed E-state index contributed by atoms with van der Waals surface area (Å²) >= 11 is 0. The molecule has 0 aliphatic heterocycles. The van der Waals surface area contributed by atoms with Gasteiger partial charge in [-0.2, -0.15) is 0 Å². The summed E-state index contributed by atoms with van der Waals surface area (Å²) in [5.41, 5.74) is 0. The summed E-state index contributed by atoms with van der Waals surface area (Å²) in [6.45, 7) is 0. The third-order valence-corrected chi connectivity index (χ3v) is 4.70. The molecule has 22 heavy (non-hydrogen) atoms. The van der Waals surface area contributed by atoms with Crippen LogP contribution in [0.3, 0.4) is 0 Å². The predicted octanol–water partition coefficient (Wildman–Crippen LogP) is 2.25. The molecule has 0 aliphatic rings. The molecule has 6 nitrogen and oxygen atoms in total. The van der Waals surface area contributed by atoms with Gasteiger partial charge in [-0.3, -0.25) is 0 Å². The predicted molar refractivity (Wildman–Crippen MR) is 80.0 cm³/mol. The summed E-state index contributed by atoms with van der Waals surface area (Å²) in [5.74, 6) is 0.835. The zero-order valence-corrected chi connectivity index (χ0v) is 12.9. The topological polar surface area (TPSA) is 81.7 Å². The maximum absolute atomic E-state index is 12.5. The summed E-state index contributed by atoms with van der Waals surface area (Å²) in [6, 6.07) is 11.7. The summed E-state index contributed by atoms with van der Waals surface area (Å²) in [5, 5.41) is 2.30. The maximum atomic E-state index is 12.5. The van der Waals surface area contributed by atoms with E-state index >= 15 is 0 Å². The number of hydrogen-bond acceptors (Lipinski definition) is 5. The minimum Gasteiger partial charge on any atom is -0.497 e. The van der Waals surface area contributed by atoms with Crippen molar-refractivity contribution < 1.29 is 22.7 Å². The van der Waals surface area contributed by atoms with Crippen molar-refractivity contribution >= 4 is 15.9 Å². The van der Waals surface area contributed by atoms with Crippen molar-refractivity contribution in [3.8, 4) is 11.5 Å². The van der Waals surface area contributed by atoms with Gasteiger partial charge in [0.05, 0.1) is 16.9 Å². The van der Waals surface area contributed by atoms with Crippen LogP contribution >= 0.6 is 0 Å². The van der Waals surface area contributed by atoms with Crippen LogP contribution in [0.15, 0.2) is 58.3 Å². The monoisotopic (exact) mass is 321 g/mol. The van der Waals surface area contributed by atoms with E-state index in [2.05, 4.69) is 5.32 Å². The van der Waals surface area contributed by atoms with E-state index in [1.165, 1.54) is 50.6 Å². The average molecular weight is 321 g/mol. The van der Waals surface area contributed by atoms with E-state index in [0.29, 0.717) is 5.75 Å². The first-order valence-electron chi connectivity index (χ1n) is 6.36. The minimum atomic E-state index is -3.63. The number of hydrogen-bond donors (Lipinski definition) is 1. The lowest BCUT2D eigenvalue weighted by molar-refractivity contribution is 0.203. The van der Waals surface area contributed by atoms with E-state index in [4.69, 9.17) is 9.47 Å². The lowest BCUT2D eigenvalue weighted by Gasteiger charge is -2.07. The van der Waals surface area contributed by atoms with Gasteiger partial charge in [0.15, 0.2) is 0 Å². The van der Waals surface area contributed by atoms with E-state index in [1.807, 2.05) is 0 Å². The van der Waals surface area contributed by atoms with E-state index in [1.54, 1.807) is 12.1 Å². The molecule has 7 heteroatoms. The van der Waals surface area contributed by atoms with E-state index in [9.17, 15) is 13.2 Å². The van der Waals surface area contributed by atoms with Crippen LogP contribution in [0.4, 0.5) is 4.79 Å². The van der Waals surface area contributed by atoms with Crippen LogP contribution in [0.25, 0.3) is 0 Å². The molecule has 0 saturated carbocycles. The molecule has 0 aliphatic carbocycles. The number of ether oxygens (including phenoxy) is 2. The summed E-state index contributed by atoms with van der Waals surface area (Å²) in [4.78, 5) is 11.4. The number of methoxy groups -OCH3 is 1. The lowest BCUT2D eigenvalue weighted by atomic mass is 10.3. The number of nitrogens with one attached hydrogen (secondary N) is 1. The smallest absolute Gasteiger partial charge is 0.412 e. The normalized spacial score (nSPS) is 10.8. The number of amides is 1. The zero-order chi connectivity index (χ0) is 16.2. The molecular formula is C15H15NO5S.